The van der Waals surface area contributed by atoms with Gasteiger partial charge < -0.3 is 4.74 Å². The first kappa shape index (κ1) is 13.8. The van der Waals surface area contributed by atoms with Gasteiger partial charge in [-0.1, -0.05) is 26.2 Å². The summed E-state index contributed by atoms with van der Waals surface area (Å²) >= 11 is 0. The summed E-state index contributed by atoms with van der Waals surface area (Å²) in [7, 11) is 0. The van der Waals surface area contributed by atoms with Gasteiger partial charge in [0.15, 0.2) is 0 Å². The Labute approximate surface area is 113 Å². The largest absolute Gasteiger partial charge is 0.444 e. The van der Waals surface area contributed by atoms with Crippen molar-refractivity contribution >= 4 is 11.8 Å². The molecule has 0 spiro atoms. The molecule has 1 aliphatic rings. The molecule has 19 heavy (non-hydrogen) atoms. The van der Waals surface area contributed by atoms with Crippen molar-refractivity contribution in [1.82, 2.24) is 0 Å². The zero-order valence-electron chi connectivity index (χ0n) is 11.3. The maximum absolute atomic E-state index is 12.9. The Morgan fingerprint density at radius 1 is 1.26 bits per heavy atom. The van der Waals surface area contributed by atoms with Gasteiger partial charge in [-0.05, 0) is 37.1 Å². The SMILES string of the molecule is CCCCCC[C@@H]1CN(c2ccc(F)cc2)C(=O)O1. The monoisotopic (exact) mass is 265 g/mol. The number of nitrogens with zero attached hydrogens (tertiary/aromatic N) is 1. The van der Waals surface area contributed by atoms with Gasteiger partial charge >= 0.3 is 6.09 Å². The van der Waals surface area contributed by atoms with Gasteiger partial charge in [-0.3, -0.25) is 4.90 Å². The van der Waals surface area contributed by atoms with Crippen molar-refractivity contribution in [2.24, 2.45) is 0 Å². The molecule has 0 radical (unpaired) electrons. The summed E-state index contributed by atoms with van der Waals surface area (Å²) in [5.74, 6) is -0.299. The van der Waals surface area contributed by atoms with Gasteiger partial charge in [-0.25, -0.2) is 9.18 Å². The van der Waals surface area contributed by atoms with Gasteiger partial charge in [-0.15, -0.1) is 0 Å². The van der Waals surface area contributed by atoms with Gasteiger partial charge in [0.1, 0.15) is 11.9 Å². The van der Waals surface area contributed by atoms with Crippen molar-refractivity contribution in [2.45, 2.75) is 45.1 Å². The van der Waals surface area contributed by atoms with Crippen LogP contribution in [0, 0.1) is 5.82 Å². The summed E-state index contributed by atoms with van der Waals surface area (Å²) in [6.07, 6.45) is 5.24. The summed E-state index contributed by atoms with van der Waals surface area (Å²) in [5, 5.41) is 0. The van der Waals surface area contributed by atoms with Gasteiger partial charge in [0.25, 0.3) is 0 Å². The van der Waals surface area contributed by atoms with E-state index in [-0.39, 0.29) is 18.0 Å². The van der Waals surface area contributed by atoms with Crippen molar-refractivity contribution in [3.8, 4) is 0 Å². The molecule has 1 aromatic rings. The van der Waals surface area contributed by atoms with Crippen LogP contribution in [0.2, 0.25) is 0 Å². The number of unbranched alkanes of at least 4 members (excludes halogenated alkanes) is 3. The highest BCUT2D eigenvalue weighted by Crippen LogP contribution is 2.24. The highest BCUT2D eigenvalue weighted by atomic mass is 19.1. The third-order valence-electron chi connectivity index (χ3n) is 3.39. The highest BCUT2D eigenvalue weighted by Gasteiger charge is 2.31. The maximum Gasteiger partial charge on any atom is 0.414 e. The third-order valence-corrected chi connectivity index (χ3v) is 3.39. The van der Waals surface area contributed by atoms with Crippen LogP contribution in [0.1, 0.15) is 39.0 Å². The molecule has 1 aliphatic heterocycles. The number of hydrogen-bond donors (Lipinski definition) is 0. The Morgan fingerprint density at radius 2 is 2.00 bits per heavy atom. The number of cyclic esters (lactones) is 1. The normalized spacial score (nSPS) is 18.7. The van der Waals surface area contributed by atoms with E-state index >= 15 is 0 Å². The van der Waals surface area contributed by atoms with Crippen LogP contribution in [0.15, 0.2) is 24.3 Å². The van der Waals surface area contributed by atoms with E-state index in [1.165, 1.54) is 31.4 Å². The van der Waals surface area contributed by atoms with E-state index in [0.29, 0.717) is 12.2 Å². The number of amides is 1. The second-order valence-corrected chi connectivity index (χ2v) is 4.94. The van der Waals surface area contributed by atoms with Crippen molar-refractivity contribution in [3.63, 3.8) is 0 Å². The Bertz CT molecular complexity index is 419. The summed E-state index contributed by atoms with van der Waals surface area (Å²) in [5.41, 5.74) is 0.697. The lowest BCUT2D eigenvalue weighted by Crippen LogP contribution is -2.24. The Kier molecular flexibility index (Phi) is 4.77. The van der Waals surface area contributed by atoms with E-state index in [0.717, 1.165) is 12.8 Å². The molecule has 1 heterocycles. The summed E-state index contributed by atoms with van der Waals surface area (Å²) in [6.45, 7) is 2.74. The van der Waals surface area contributed by atoms with Crippen LogP contribution in [0.4, 0.5) is 14.9 Å². The molecule has 1 saturated heterocycles. The van der Waals surface area contributed by atoms with E-state index in [9.17, 15) is 9.18 Å². The van der Waals surface area contributed by atoms with Crippen molar-refractivity contribution in [1.29, 1.82) is 0 Å². The molecular weight excluding hydrogens is 245 g/mol. The van der Waals surface area contributed by atoms with E-state index < -0.39 is 0 Å². The lowest BCUT2D eigenvalue weighted by Gasteiger charge is -2.12. The summed E-state index contributed by atoms with van der Waals surface area (Å²) in [6, 6.07) is 5.93. The second kappa shape index (κ2) is 6.55. The van der Waals surface area contributed by atoms with Crippen LogP contribution < -0.4 is 4.90 Å². The minimum absolute atomic E-state index is 0.0330. The molecule has 0 aromatic heterocycles. The maximum atomic E-state index is 12.9. The smallest absolute Gasteiger partial charge is 0.414 e. The van der Waals surface area contributed by atoms with Crippen LogP contribution in [0.5, 0.6) is 0 Å². The minimum atomic E-state index is -0.327. The fourth-order valence-corrected chi connectivity index (χ4v) is 2.30. The molecule has 0 N–H and O–H groups in total. The minimum Gasteiger partial charge on any atom is -0.444 e. The summed E-state index contributed by atoms with van der Waals surface area (Å²) < 4.78 is 18.2. The fraction of sp³-hybridized carbons (Fsp3) is 0.533. The molecule has 0 bridgehead atoms. The molecule has 3 nitrogen and oxygen atoms in total. The topological polar surface area (TPSA) is 29.5 Å². The molecule has 0 aliphatic carbocycles. The fourth-order valence-electron chi connectivity index (χ4n) is 2.30. The Morgan fingerprint density at radius 3 is 2.68 bits per heavy atom. The quantitative estimate of drug-likeness (QED) is 0.724. The lowest BCUT2D eigenvalue weighted by atomic mass is 10.1. The van der Waals surface area contributed by atoms with E-state index in [1.807, 2.05) is 0 Å². The van der Waals surface area contributed by atoms with Crippen LogP contribution in [-0.4, -0.2) is 18.7 Å². The highest BCUT2D eigenvalue weighted by molar-refractivity contribution is 5.89. The molecule has 0 unspecified atom stereocenters. The zero-order chi connectivity index (χ0) is 13.7. The number of anilines is 1. The Balaban J connectivity index is 1.87. The molecule has 1 amide bonds. The molecule has 104 valence electrons. The molecule has 4 heteroatoms. The van der Waals surface area contributed by atoms with Gasteiger partial charge in [-0.2, -0.15) is 0 Å². The third kappa shape index (κ3) is 3.69. The van der Waals surface area contributed by atoms with Crippen LogP contribution in [-0.2, 0) is 4.74 Å². The predicted molar refractivity (Wildman–Crippen MR) is 72.8 cm³/mol. The molecular formula is C15H20FNO2. The number of benzene rings is 1. The number of hydrogen-bond acceptors (Lipinski definition) is 2. The van der Waals surface area contributed by atoms with Crippen molar-refractivity contribution in [3.05, 3.63) is 30.1 Å². The first-order chi connectivity index (χ1) is 9.20. The number of rotatable bonds is 6. The second-order valence-electron chi connectivity index (χ2n) is 4.94. The van der Waals surface area contributed by atoms with Crippen molar-refractivity contribution in [2.75, 3.05) is 11.4 Å². The lowest BCUT2D eigenvalue weighted by molar-refractivity contribution is 0.135. The average Bonchev–Trinajstić information content (AvgIpc) is 2.77. The van der Waals surface area contributed by atoms with Crippen molar-refractivity contribution < 1.29 is 13.9 Å². The van der Waals surface area contributed by atoms with Crippen LogP contribution >= 0.6 is 0 Å². The first-order valence-electron chi connectivity index (χ1n) is 6.94. The standard InChI is InChI=1S/C15H20FNO2/c1-2-3-4-5-6-14-11-17(15(18)19-14)13-9-7-12(16)8-10-13/h7-10,14H,2-6,11H2,1H3/t14-/m1/s1. The van der Waals surface area contributed by atoms with Gasteiger partial charge in [0.2, 0.25) is 0 Å². The van der Waals surface area contributed by atoms with Gasteiger partial charge in [0.05, 0.1) is 6.54 Å². The Hall–Kier alpha value is -1.58. The molecule has 1 aromatic carbocycles. The first-order valence-corrected chi connectivity index (χ1v) is 6.94. The van der Waals surface area contributed by atoms with Crippen LogP contribution in [0.25, 0.3) is 0 Å². The molecule has 2 rings (SSSR count). The predicted octanol–water partition coefficient (Wildman–Crippen LogP) is 4.12. The molecule has 1 fully saturated rings. The molecule has 1 atom stereocenters. The number of carbonyl (C=O) groups excluding carboxylic acids is 1. The van der Waals surface area contributed by atoms with E-state index in [1.54, 1.807) is 17.0 Å². The number of halogens is 1. The molecule has 0 saturated carbocycles. The van der Waals surface area contributed by atoms with Crippen LogP contribution in [0.3, 0.4) is 0 Å². The number of carbonyl (C=O) groups is 1. The summed E-state index contributed by atoms with van der Waals surface area (Å²) in [4.78, 5) is 13.3. The zero-order valence-corrected chi connectivity index (χ0v) is 11.3. The average molecular weight is 265 g/mol. The van der Waals surface area contributed by atoms with E-state index in [4.69, 9.17) is 4.74 Å². The van der Waals surface area contributed by atoms with E-state index in [2.05, 4.69) is 6.92 Å². The van der Waals surface area contributed by atoms with Gasteiger partial charge in [0, 0.05) is 5.69 Å². The number of ether oxygens (including phenoxy) is 1.